The molecule has 0 aromatic heterocycles. The molecular weight excluding hydrogens is 200 g/mol. The summed E-state index contributed by atoms with van der Waals surface area (Å²) in [5, 5.41) is 3.28. The number of hydrogen-bond donors (Lipinski definition) is 1. The third kappa shape index (κ3) is 2.24. The molecule has 1 saturated heterocycles. The van der Waals surface area contributed by atoms with E-state index in [1.807, 2.05) is 0 Å². The van der Waals surface area contributed by atoms with Gasteiger partial charge in [0.25, 0.3) is 0 Å². The Labute approximate surface area is 98.6 Å². The van der Waals surface area contributed by atoms with Crippen molar-refractivity contribution in [1.82, 2.24) is 10.2 Å². The fourth-order valence-corrected chi connectivity index (χ4v) is 3.17. The molecule has 2 rings (SSSR count). The maximum Gasteiger partial charge on any atom is 0.240 e. The summed E-state index contributed by atoms with van der Waals surface area (Å²) in [4.78, 5) is 14.3. The molecule has 0 spiro atoms. The lowest BCUT2D eigenvalue weighted by atomic mass is 9.91. The van der Waals surface area contributed by atoms with Crippen LogP contribution in [0.2, 0.25) is 0 Å². The third-order valence-electron chi connectivity index (χ3n) is 4.07. The minimum Gasteiger partial charge on any atom is -0.338 e. The van der Waals surface area contributed by atoms with E-state index in [2.05, 4.69) is 31.0 Å². The Morgan fingerprint density at radius 1 is 1.44 bits per heavy atom. The molecule has 2 aliphatic rings. The first-order valence-corrected chi connectivity index (χ1v) is 6.57. The molecule has 16 heavy (non-hydrogen) atoms. The molecule has 0 aromatic rings. The van der Waals surface area contributed by atoms with Crippen LogP contribution in [0.4, 0.5) is 0 Å². The van der Waals surface area contributed by atoms with Crippen molar-refractivity contribution in [3.05, 3.63) is 0 Å². The van der Waals surface area contributed by atoms with Gasteiger partial charge in [-0.1, -0.05) is 20.8 Å². The smallest absolute Gasteiger partial charge is 0.240 e. The molecule has 2 atom stereocenters. The monoisotopic (exact) mass is 224 g/mol. The molecule has 1 saturated carbocycles. The van der Waals surface area contributed by atoms with Crippen molar-refractivity contribution in [3.63, 3.8) is 0 Å². The average Bonchev–Trinajstić information content (AvgIpc) is 2.72. The van der Waals surface area contributed by atoms with E-state index in [1.54, 1.807) is 0 Å². The van der Waals surface area contributed by atoms with Gasteiger partial charge in [-0.2, -0.15) is 0 Å². The minimum atomic E-state index is 0.0914. The number of amides is 1. The average molecular weight is 224 g/mol. The SMILES string of the molecule is CCNC1CCN(C2CCC(C)(C)C2)C1=O. The molecule has 0 bridgehead atoms. The Morgan fingerprint density at radius 2 is 2.19 bits per heavy atom. The van der Waals surface area contributed by atoms with Gasteiger partial charge in [-0.05, 0) is 37.6 Å². The van der Waals surface area contributed by atoms with Crippen molar-refractivity contribution in [1.29, 1.82) is 0 Å². The molecule has 1 aliphatic heterocycles. The highest BCUT2D eigenvalue weighted by atomic mass is 16.2. The van der Waals surface area contributed by atoms with Gasteiger partial charge in [0, 0.05) is 12.6 Å². The second kappa shape index (κ2) is 4.36. The normalized spacial score (nSPS) is 33.7. The lowest BCUT2D eigenvalue weighted by Gasteiger charge is -2.26. The third-order valence-corrected chi connectivity index (χ3v) is 4.07. The molecule has 0 radical (unpaired) electrons. The number of likely N-dealkylation sites (tertiary alicyclic amines) is 1. The minimum absolute atomic E-state index is 0.0914. The number of carbonyl (C=O) groups is 1. The van der Waals surface area contributed by atoms with Gasteiger partial charge >= 0.3 is 0 Å². The summed E-state index contributed by atoms with van der Waals surface area (Å²) in [5.74, 6) is 0.338. The molecule has 3 heteroatoms. The van der Waals surface area contributed by atoms with Crippen LogP contribution in [0.5, 0.6) is 0 Å². The lowest BCUT2D eigenvalue weighted by molar-refractivity contribution is -0.131. The van der Waals surface area contributed by atoms with Crippen LogP contribution in [-0.2, 0) is 4.79 Å². The predicted octanol–water partition coefficient (Wildman–Crippen LogP) is 1.78. The second-order valence-corrected chi connectivity index (χ2v) is 5.99. The van der Waals surface area contributed by atoms with Crippen LogP contribution in [0.15, 0.2) is 0 Å². The van der Waals surface area contributed by atoms with E-state index in [9.17, 15) is 4.79 Å². The number of nitrogens with zero attached hydrogens (tertiary/aromatic N) is 1. The van der Waals surface area contributed by atoms with Crippen LogP contribution >= 0.6 is 0 Å². The van der Waals surface area contributed by atoms with Crippen LogP contribution in [0.1, 0.15) is 46.5 Å². The molecule has 3 nitrogen and oxygen atoms in total. The summed E-state index contributed by atoms with van der Waals surface area (Å²) in [7, 11) is 0. The largest absolute Gasteiger partial charge is 0.338 e. The number of carbonyl (C=O) groups excluding carboxylic acids is 1. The van der Waals surface area contributed by atoms with Gasteiger partial charge in [0.1, 0.15) is 0 Å². The van der Waals surface area contributed by atoms with Crippen LogP contribution in [0.3, 0.4) is 0 Å². The highest BCUT2D eigenvalue weighted by Crippen LogP contribution is 2.40. The van der Waals surface area contributed by atoms with Crippen molar-refractivity contribution in [2.24, 2.45) is 5.41 Å². The summed E-state index contributed by atoms with van der Waals surface area (Å²) in [6.45, 7) is 8.54. The van der Waals surface area contributed by atoms with Crippen molar-refractivity contribution in [3.8, 4) is 0 Å². The Balaban J connectivity index is 1.95. The van der Waals surface area contributed by atoms with E-state index in [0.717, 1.165) is 19.5 Å². The fraction of sp³-hybridized carbons (Fsp3) is 0.923. The Kier molecular flexibility index (Phi) is 3.24. The van der Waals surface area contributed by atoms with Gasteiger partial charge in [0.05, 0.1) is 6.04 Å². The summed E-state index contributed by atoms with van der Waals surface area (Å²) in [6, 6.07) is 0.597. The van der Waals surface area contributed by atoms with Crippen LogP contribution in [0, 0.1) is 5.41 Å². The van der Waals surface area contributed by atoms with Crippen molar-refractivity contribution < 1.29 is 4.79 Å². The molecule has 1 N–H and O–H groups in total. The topological polar surface area (TPSA) is 32.3 Å². The quantitative estimate of drug-likeness (QED) is 0.792. The number of nitrogens with one attached hydrogen (secondary N) is 1. The molecule has 2 fully saturated rings. The van der Waals surface area contributed by atoms with E-state index in [1.165, 1.54) is 19.3 Å². The standard InChI is InChI=1S/C13H24N2O/c1-4-14-11-6-8-15(12(11)16)10-5-7-13(2,3)9-10/h10-11,14H,4-9H2,1-3H3. The van der Waals surface area contributed by atoms with Gasteiger partial charge < -0.3 is 10.2 Å². The van der Waals surface area contributed by atoms with E-state index >= 15 is 0 Å². The second-order valence-electron chi connectivity index (χ2n) is 5.99. The molecule has 92 valence electrons. The predicted molar refractivity (Wildman–Crippen MR) is 65.2 cm³/mol. The lowest BCUT2D eigenvalue weighted by Crippen LogP contribution is -2.42. The number of rotatable bonds is 3. The molecular formula is C13H24N2O. The first kappa shape index (κ1) is 11.9. The summed E-state index contributed by atoms with van der Waals surface area (Å²) >= 11 is 0. The van der Waals surface area contributed by atoms with Gasteiger partial charge in [-0.25, -0.2) is 0 Å². The zero-order chi connectivity index (χ0) is 11.8. The van der Waals surface area contributed by atoms with Gasteiger partial charge in [0.2, 0.25) is 5.91 Å². The first-order chi connectivity index (χ1) is 7.53. The summed E-state index contributed by atoms with van der Waals surface area (Å²) in [6.07, 6.45) is 4.62. The maximum absolute atomic E-state index is 12.2. The van der Waals surface area contributed by atoms with Crippen LogP contribution in [-0.4, -0.2) is 36.0 Å². The van der Waals surface area contributed by atoms with Gasteiger partial charge in [-0.15, -0.1) is 0 Å². The van der Waals surface area contributed by atoms with Crippen molar-refractivity contribution in [2.45, 2.75) is 58.5 Å². The van der Waals surface area contributed by atoms with Crippen molar-refractivity contribution >= 4 is 5.91 Å². The Bertz CT molecular complexity index is 275. The van der Waals surface area contributed by atoms with E-state index in [4.69, 9.17) is 0 Å². The molecule has 1 aliphatic carbocycles. The molecule has 1 amide bonds. The Morgan fingerprint density at radius 3 is 2.75 bits per heavy atom. The highest BCUT2D eigenvalue weighted by Gasteiger charge is 2.40. The van der Waals surface area contributed by atoms with E-state index in [0.29, 0.717) is 17.4 Å². The molecule has 0 aromatic carbocycles. The van der Waals surface area contributed by atoms with Crippen LogP contribution in [0.25, 0.3) is 0 Å². The van der Waals surface area contributed by atoms with E-state index < -0.39 is 0 Å². The molecule has 2 unspecified atom stereocenters. The zero-order valence-corrected chi connectivity index (χ0v) is 10.8. The zero-order valence-electron chi connectivity index (χ0n) is 10.8. The highest BCUT2D eigenvalue weighted by molar-refractivity contribution is 5.84. The van der Waals surface area contributed by atoms with Gasteiger partial charge in [-0.3, -0.25) is 4.79 Å². The number of hydrogen-bond acceptors (Lipinski definition) is 2. The maximum atomic E-state index is 12.2. The number of likely N-dealkylation sites (N-methyl/N-ethyl adjacent to an activating group) is 1. The fourth-order valence-electron chi connectivity index (χ4n) is 3.17. The molecule has 1 heterocycles. The first-order valence-electron chi connectivity index (χ1n) is 6.57. The van der Waals surface area contributed by atoms with Crippen LogP contribution < -0.4 is 5.32 Å². The Hall–Kier alpha value is -0.570. The van der Waals surface area contributed by atoms with Gasteiger partial charge in [0.15, 0.2) is 0 Å². The summed E-state index contributed by atoms with van der Waals surface area (Å²) in [5.41, 5.74) is 0.432. The van der Waals surface area contributed by atoms with E-state index in [-0.39, 0.29) is 6.04 Å². The summed E-state index contributed by atoms with van der Waals surface area (Å²) < 4.78 is 0. The van der Waals surface area contributed by atoms with Crippen molar-refractivity contribution in [2.75, 3.05) is 13.1 Å².